The Morgan fingerprint density at radius 3 is 2.50 bits per heavy atom. The Kier molecular flexibility index (Phi) is 6.88. The lowest BCUT2D eigenvalue weighted by Crippen LogP contribution is -2.60. The minimum atomic E-state index is -0.813. The molecular weight excluding hydrogens is 383 g/mol. The first-order valence-electron chi connectivity index (χ1n) is 8.79. The van der Waals surface area contributed by atoms with Gasteiger partial charge < -0.3 is 10.6 Å². The Morgan fingerprint density at radius 1 is 1.15 bits per heavy atom. The van der Waals surface area contributed by atoms with Crippen LogP contribution < -0.4 is 5.73 Å². The zero-order chi connectivity index (χ0) is 16.8. The van der Waals surface area contributed by atoms with Crippen molar-refractivity contribution in [3.8, 4) is 0 Å². The molecule has 3 atom stereocenters. The molecule has 5 rings (SSSR count). The maximum Gasteiger partial charge on any atom is 0.224 e. The molecule has 4 heterocycles. The van der Waals surface area contributed by atoms with E-state index in [1.165, 1.54) is 0 Å². The number of halogens is 4. The third-order valence-corrected chi connectivity index (χ3v) is 6.05. The molecule has 0 aliphatic carbocycles. The van der Waals surface area contributed by atoms with Gasteiger partial charge in [0.15, 0.2) is 11.6 Å². The third kappa shape index (κ3) is 3.33. The fourth-order valence-electron chi connectivity index (χ4n) is 5.05. The lowest BCUT2D eigenvalue weighted by molar-refractivity contribution is -0.135. The summed E-state index contributed by atoms with van der Waals surface area (Å²) in [6.07, 6.45) is 2.46. The Hall–Kier alpha value is -0.950. The van der Waals surface area contributed by atoms with Gasteiger partial charge in [0, 0.05) is 31.5 Å². The molecule has 0 saturated carbocycles. The van der Waals surface area contributed by atoms with Gasteiger partial charge in [-0.05, 0) is 43.5 Å². The van der Waals surface area contributed by atoms with Crippen LogP contribution in [0.4, 0.5) is 8.78 Å². The number of amides is 1. The number of benzene rings is 1. The maximum absolute atomic E-state index is 14.4. The number of carbonyl (C=O) groups is 1. The van der Waals surface area contributed by atoms with E-state index in [2.05, 4.69) is 4.90 Å². The molecule has 4 fully saturated rings. The average Bonchev–Trinajstić information content (AvgIpc) is 3.01. The highest BCUT2D eigenvalue weighted by Gasteiger charge is 2.54. The molecule has 4 saturated heterocycles. The lowest BCUT2D eigenvalue weighted by Gasteiger charge is -2.51. The molecule has 4 aliphatic rings. The fourth-order valence-corrected chi connectivity index (χ4v) is 5.05. The van der Waals surface area contributed by atoms with Gasteiger partial charge in [-0.2, -0.15) is 0 Å². The summed E-state index contributed by atoms with van der Waals surface area (Å²) in [5.74, 6) is -1.25. The summed E-state index contributed by atoms with van der Waals surface area (Å²) in [7, 11) is 0. The summed E-state index contributed by atoms with van der Waals surface area (Å²) in [6, 6.07) is 4.58. The van der Waals surface area contributed by atoms with Crippen LogP contribution in [0.25, 0.3) is 0 Å². The van der Waals surface area contributed by atoms with Crippen LogP contribution >= 0.6 is 24.8 Å². The first kappa shape index (κ1) is 21.4. The van der Waals surface area contributed by atoms with Crippen molar-refractivity contribution in [1.29, 1.82) is 0 Å². The van der Waals surface area contributed by atoms with Crippen molar-refractivity contribution in [2.75, 3.05) is 26.2 Å². The first-order valence-corrected chi connectivity index (χ1v) is 8.79. The second-order valence-electron chi connectivity index (χ2n) is 7.19. The van der Waals surface area contributed by atoms with Gasteiger partial charge in [0.1, 0.15) is 0 Å². The highest BCUT2D eigenvalue weighted by molar-refractivity contribution is 5.85. The van der Waals surface area contributed by atoms with E-state index < -0.39 is 11.6 Å². The molecule has 2 N–H and O–H groups in total. The summed E-state index contributed by atoms with van der Waals surface area (Å²) in [6.45, 7) is 2.75. The molecule has 146 valence electrons. The first-order chi connectivity index (χ1) is 11.6. The molecular formula is C18H25Cl2F2N3O. The molecule has 4 nitrogen and oxygen atoms in total. The van der Waals surface area contributed by atoms with Gasteiger partial charge in [0.25, 0.3) is 0 Å². The predicted molar refractivity (Wildman–Crippen MR) is 101 cm³/mol. The van der Waals surface area contributed by atoms with Crippen LogP contribution in [0.2, 0.25) is 0 Å². The van der Waals surface area contributed by atoms with Gasteiger partial charge in [-0.1, -0.05) is 12.1 Å². The summed E-state index contributed by atoms with van der Waals surface area (Å²) in [5, 5.41) is 0. The average molecular weight is 408 g/mol. The molecule has 1 aromatic rings. The normalized spacial score (nSPS) is 31.8. The molecule has 0 radical (unpaired) electrons. The van der Waals surface area contributed by atoms with Crippen LogP contribution in [-0.4, -0.2) is 54.0 Å². The van der Waals surface area contributed by atoms with E-state index in [0.29, 0.717) is 31.0 Å². The Morgan fingerprint density at radius 2 is 1.85 bits per heavy atom. The number of piperidine rings is 3. The zero-order valence-corrected chi connectivity index (χ0v) is 16.1. The second kappa shape index (κ2) is 8.38. The lowest BCUT2D eigenvalue weighted by atomic mass is 9.75. The molecule has 0 unspecified atom stereocenters. The van der Waals surface area contributed by atoms with Crippen LogP contribution in [0.15, 0.2) is 18.2 Å². The number of nitrogens with zero attached hydrogens (tertiary/aromatic N) is 2. The highest BCUT2D eigenvalue weighted by Crippen LogP contribution is 2.47. The van der Waals surface area contributed by atoms with E-state index in [-0.39, 0.29) is 48.7 Å². The molecule has 1 amide bonds. The Balaban J connectivity index is 0.00000121. The smallest absolute Gasteiger partial charge is 0.224 e. The van der Waals surface area contributed by atoms with Crippen LogP contribution in [0.3, 0.4) is 0 Å². The topological polar surface area (TPSA) is 49.6 Å². The Labute approximate surface area is 164 Å². The van der Waals surface area contributed by atoms with Gasteiger partial charge in [-0.15, -0.1) is 24.8 Å². The number of nitrogens with two attached hydrogens (primary N) is 1. The van der Waals surface area contributed by atoms with Crippen molar-refractivity contribution in [1.82, 2.24) is 9.80 Å². The molecule has 4 aliphatic heterocycles. The van der Waals surface area contributed by atoms with E-state index in [0.717, 1.165) is 32.0 Å². The van der Waals surface area contributed by atoms with Crippen LogP contribution in [0.1, 0.15) is 30.7 Å². The summed E-state index contributed by atoms with van der Waals surface area (Å²) < 4.78 is 28.1. The van der Waals surface area contributed by atoms with Gasteiger partial charge in [-0.25, -0.2) is 8.78 Å². The van der Waals surface area contributed by atoms with Crippen LogP contribution in [0.5, 0.6) is 0 Å². The van der Waals surface area contributed by atoms with Crippen LogP contribution in [0, 0.1) is 17.6 Å². The van der Waals surface area contributed by atoms with E-state index >= 15 is 0 Å². The van der Waals surface area contributed by atoms with Crippen molar-refractivity contribution < 1.29 is 13.6 Å². The number of rotatable bonds is 3. The van der Waals surface area contributed by atoms with E-state index in [1.807, 2.05) is 4.90 Å². The summed E-state index contributed by atoms with van der Waals surface area (Å²) in [4.78, 5) is 16.8. The van der Waals surface area contributed by atoms with E-state index in [1.54, 1.807) is 12.1 Å². The number of likely N-dealkylation sites (tertiary alicyclic amines) is 1. The van der Waals surface area contributed by atoms with Crippen molar-refractivity contribution in [3.63, 3.8) is 0 Å². The van der Waals surface area contributed by atoms with Crippen molar-refractivity contribution in [3.05, 3.63) is 35.4 Å². The standard InChI is InChI=1S/C18H23F2N3O.2ClH/c19-14-3-1-2-12(16(14)20)13-10-23(15(24)4-7-21)17-11-5-8-22(9-6-11)18(13)17;;/h1-3,11,13,17-18H,4-10,21H2;2*1H/t13-,17-,18-;;/m1../s1. The van der Waals surface area contributed by atoms with Crippen molar-refractivity contribution in [2.45, 2.75) is 37.3 Å². The van der Waals surface area contributed by atoms with Gasteiger partial charge in [0.05, 0.1) is 6.04 Å². The number of fused-ring (bicyclic) bond motifs is 2. The third-order valence-electron chi connectivity index (χ3n) is 6.05. The summed E-state index contributed by atoms with van der Waals surface area (Å²) >= 11 is 0. The van der Waals surface area contributed by atoms with Gasteiger partial charge in [-0.3, -0.25) is 9.69 Å². The van der Waals surface area contributed by atoms with Crippen molar-refractivity contribution >= 4 is 30.7 Å². The molecule has 26 heavy (non-hydrogen) atoms. The monoisotopic (exact) mass is 407 g/mol. The Bertz CT molecular complexity index is 655. The zero-order valence-electron chi connectivity index (χ0n) is 14.4. The molecule has 0 spiro atoms. The van der Waals surface area contributed by atoms with E-state index in [9.17, 15) is 13.6 Å². The van der Waals surface area contributed by atoms with Gasteiger partial charge >= 0.3 is 0 Å². The SMILES string of the molecule is Cl.Cl.NCCC(=O)N1C[C@H](c2cccc(F)c2F)[C@@H]2[C@H]1C1CCN2CC1. The number of hydrogen-bond acceptors (Lipinski definition) is 3. The number of hydrogen-bond donors (Lipinski definition) is 1. The number of carbonyl (C=O) groups excluding carboxylic acids is 1. The maximum atomic E-state index is 14.4. The van der Waals surface area contributed by atoms with Crippen molar-refractivity contribution in [2.24, 2.45) is 11.7 Å². The highest BCUT2D eigenvalue weighted by atomic mass is 35.5. The fraction of sp³-hybridized carbons (Fsp3) is 0.611. The molecule has 2 bridgehead atoms. The largest absolute Gasteiger partial charge is 0.337 e. The van der Waals surface area contributed by atoms with E-state index in [4.69, 9.17) is 5.73 Å². The summed E-state index contributed by atoms with van der Waals surface area (Å²) in [5.41, 5.74) is 5.97. The second-order valence-corrected chi connectivity index (χ2v) is 7.19. The minimum Gasteiger partial charge on any atom is -0.337 e. The van der Waals surface area contributed by atoms with Crippen LogP contribution in [-0.2, 0) is 4.79 Å². The van der Waals surface area contributed by atoms with Gasteiger partial charge in [0.2, 0.25) is 5.91 Å². The minimum absolute atomic E-state index is 0. The predicted octanol–water partition coefficient (Wildman–Crippen LogP) is 2.55. The molecule has 8 heteroatoms. The molecule has 0 aromatic heterocycles. The quantitative estimate of drug-likeness (QED) is 0.837. The molecule has 1 aromatic carbocycles.